The van der Waals surface area contributed by atoms with Crippen molar-refractivity contribution in [3.63, 3.8) is 0 Å². The van der Waals surface area contributed by atoms with Crippen LogP contribution >= 0.6 is 0 Å². The van der Waals surface area contributed by atoms with E-state index in [-0.39, 0.29) is 10.9 Å². The second kappa shape index (κ2) is 6.44. The molecule has 2 rings (SSSR count). The fourth-order valence-electron chi connectivity index (χ4n) is 2.64. The number of benzene rings is 1. The molecule has 1 unspecified atom stereocenters. The minimum atomic E-state index is -3.84. The van der Waals surface area contributed by atoms with Gasteiger partial charge in [-0.2, -0.15) is 0 Å². The standard InChI is InChI=1S/C14H20N2O4S/c1-2-20-14(17)12-8-5-6-10-16(12)11-7-3-4-9-13(11)21(15,18)19/h3-4,7,9,12H,2,5-6,8,10H2,1H3,(H2,15,18,19). The Kier molecular flexibility index (Phi) is 4.84. The molecule has 116 valence electrons. The third-order valence-electron chi connectivity index (χ3n) is 3.54. The first-order valence-electron chi connectivity index (χ1n) is 7.00. The van der Waals surface area contributed by atoms with E-state index in [9.17, 15) is 13.2 Å². The molecule has 7 heteroatoms. The number of carbonyl (C=O) groups excluding carboxylic acids is 1. The van der Waals surface area contributed by atoms with E-state index in [0.717, 1.165) is 12.8 Å². The summed E-state index contributed by atoms with van der Waals surface area (Å²) in [5, 5.41) is 5.27. The predicted octanol–water partition coefficient (Wildman–Crippen LogP) is 1.26. The van der Waals surface area contributed by atoms with Gasteiger partial charge in [0.1, 0.15) is 10.9 Å². The molecule has 1 saturated heterocycles. The molecule has 1 aliphatic rings. The van der Waals surface area contributed by atoms with Crippen LogP contribution in [-0.4, -0.2) is 33.6 Å². The third kappa shape index (κ3) is 3.54. The smallest absolute Gasteiger partial charge is 0.328 e. The molecule has 6 nitrogen and oxygen atoms in total. The molecule has 1 fully saturated rings. The molecule has 0 spiro atoms. The Morgan fingerprint density at radius 3 is 2.76 bits per heavy atom. The minimum Gasteiger partial charge on any atom is -0.464 e. The summed E-state index contributed by atoms with van der Waals surface area (Å²) in [7, 11) is -3.84. The molecular weight excluding hydrogens is 292 g/mol. The quantitative estimate of drug-likeness (QED) is 0.845. The Morgan fingerprint density at radius 2 is 2.10 bits per heavy atom. The summed E-state index contributed by atoms with van der Waals surface area (Å²) in [6.45, 7) is 2.67. The second-order valence-electron chi connectivity index (χ2n) is 4.97. The highest BCUT2D eigenvalue weighted by Gasteiger charge is 2.32. The van der Waals surface area contributed by atoms with Crippen molar-refractivity contribution in [3.8, 4) is 0 Å². The number of primary sulfonamides is 1. The average Bonchev–Trinajstić information content (AvgIpc) is 2.46. The number of anilines is 1. The van der Waals surface area contributed by atoms with Crippen molar-refractivity contribution in [2.45, 2.75) is 37.1 Å². The average molecular weight is 312 g/mol. The molecule has 0 aromatic heterocycles. The van der Waals surface area contributed by atoms with Gasteiger partial charge >= 0.3 is 5.97 Å². The lowest BCUT2D eigenvalue weighted by Crippen LogP contribution is -2.46. The Labute approximate surface area is 124 Å². The molecule has 2 N–H and O–H groups in total. The van der Waals surface area contributed by atoms with Crippen molar-refractivity contribution < 1.29 is 17.9 Å². The zero-order chi connectivity index (χ0) is 15.5. The summed E-state index contributed by atoms with van der Waals surface area (Å²) < 4.78 is 28.6. The molecule has 0 amide bonds. The highest BCUT2D eigenvalue weighted by Crippen LogP contribution is 2.30. The number of carbonyl (C=O) groups is 1. The van der Waals surface area contributed by atoms with Gasteiger partial charge in [-0.1, -0.05) is 12.1 Å². The fourth-order valence-corrected chi connectivity index (χ4v) is 3.38. The van der Waals surface area contributed by atoms with Crippen molar-refractivity contribution in [3.05, 3.63) is 24.3 Å². The van der Waals surface area contributed by atoms with Gasteiger partial charge in [-0.25, -0.2) is 18.4 Å². The fraction of sp³-hybridized carbons (Fsp3) is 0.500. The van der Waals surface area contributed by atoms with Crippen molar-refractivity contribution in [2.75, 3.05) is 18.1 Å². The summed E-state index contributed by atoms with van der Waals surface area (Å²) >= 11 is 0. The number of ether oxygens (including phenoxy) is 1. The van der Waals surface area contributed by atoms with Gasteiger partial charge in [-0.3, -0.25) is 0 Å². The molecule has 1 aliphatic heterocycles. The van der Waals surface area contributed by atoms with Crippen LogP contribution < -0.4 is 10.0 Å². The van der Waals surface area contributed by atoms with E-state index < -0.39 is 16.1 Å². The van der Waals surface area contributed by atoms with Crippen LogP contribution in [-0.2, 0) is 19.6 Å². The second-order valence-corrected chi connectivity index (χ2v) is 6.50. The van der Waals surface area contributed by atoms with E-state index in [0.29, 0.717) is 25.3 Å². The monoisotopic (exact) mass is 312 g/mol. The van der Waals surface area contributed by atoms with Gasteiger partial charge in [0.05, 0.1) is 12.3 Å². The third-order valence-corrected chi connectivity index (χ3v) is 4.50. The van der Waals surface area contributed by atoms with Gasteiger partial charge in [0.25, 0.3) is 0 Å². The van der Waals surface area contributed by atoms with Gasteiger partial charge < -0.3 is 9.64 Å². The number of nitrogens with zero attached hydrogens (tertiary/aromatic N) is 1. The van der Waals surface area contributed by atoms with Gasteiger partial charge in [0.2, 0.25) is 10.0 Å². The summed E-state index contributed by atoms with van der Waals surface area (Å²) in [5.74, 6) is -0.318. The number of esters is 1. The Hall–Kier alpha value is -1.60. The number of sulfonamides is 1. The van der Waals surface area contributed by atoms with Crippen LogP contribution in [0.2, 0.25) is 0 Å². The molecule has 0 saturated carbocycles. The molecule has 1 heterocycles. The molecule has 21 heavy (non-hydrogen) atoms. The normalized spacial score (nSPS) is 19.3. The van der Waals surface area contributed by atoms with E-state index >= 15 is 0 Å². The Morgan fingerprint density at radius 1 is 1.38 bits per heavy atom. The van der Waals surface area contributed by atoms with Crippen LogP contribution in [0.5, 0.6) is 0 Å². The van der Waals surface area contributed by atoms with E-state index in [1.54, 1.807) is 30.0 Å². The van der Waals surface area contributed by atoms with Gasteiger partial charge in [0, 0.05) is 6.54 Å². The van der Waals surface area contributed by atoms with Crippen molar-refractivity contribution in [1.82, 2.24) is 0 Å². The first-order chi connectivity index (χ1) is 9.95. The van der Waals surface area contributed by atoms with E-state index in [4.69, 9.17) is 9.88 Å². The van der Waals surface area contributed by atoms with Crippen LogP contribution in [0, 0.1) is 0 Å². The molecule has 1 aromatic carbocycles. The number of hydrogen-bond acceptors (Lipinski definition) is 5. The Bertz CT molecular complexity index is 615. The van der Waals surface area contributed by atoms with Crippen LogP contribution in [0.25, 0.3) is 0 Å². The van der Waals surface area contributed by atoms with Crippen molar-refractivity contribution in [1.29, 1.82) is 0 Å². The van der Waals surface area contributed by atoms with Crippen LogP contribution in [0.15, 0.2) is 29.2 Å². The van der Waals surface area contributed by atoms with Gasteiger partial charge in [-0.15, -0.1) is 0 Å². The first kappa shape index (κ1) is 15.8. The van der Waals surface area contributed by atoms with E-state index in [2.05, 4.69) is 0 Å². The maximum Gasteiger partial charge on any atom is 0.328 e. The zero-order valence-electron chi connectivity index (χ0n) is 12.0. The minimum absolute atomic E-state index is 0.0428. The molecule has 0 aliphatic carbocycles. The topological polar surface area (TPSA) is 89.7 Å². The molecule has 1 aromatic rings. The van der Waals surface area contributed by atoms with Crippen molar-refractivity contribution >= 4 is 21.7 Å². The summed E-state index contributed by atoms with van der Waals surface area (Å²) in [4.78, 5) is 13.9. The maximum absolute atomic E-state index is 12.1. The van der Waals surface area contributed by atoms with Gasteiger partial charge in [-0.05, 0) is 38.3 Å². The molecule has 0 radical (unpaired) electrons. The lowest BCUT2D eigenvalue weighted by molar-refractivity contribution is -0.145. The van der Waals surface area contributed by atoms with Crippen molar-refractivity contribution in [2.24, 2.45) is 5.14 Å². The van der Waals surface area contributed by atoms with E-state index in [1.807, 2.05) is 0 Å². The van der Waals surface area contributed by atoms with Crippen LogP contribution in [0.1, 0.15) is 26.2 Å². The number of para-hydroxylation sites is 1. The predicted molar refractivity (Wildman–Crippen MR) is 79.4 cm³/mol. The number of hydrogen-bond donors (Lipinski definition) is 1. The highest BCUT2D eigenvalue weighted by atomic mass is 32.2. The molecular formula is C14H20N2O4S. The lowest BCUT2D eigenvalue weighted by Gasteiger charge is -2.36. The number of rotatable bonds is 4. The number of piperidine rings is 1. The lowest BCUT2D eigenvalue weighted by atomic mass is 10.0. The van der Waals surface area contributed by atoms with Crippen LogP contribution in [0.3, 0.4) is 0 Å². The van der Waals surface area contributed by atoms with Crippen LogP contribution in [0.4, 0.5) is 5.69 Å². The SMILES string of the molecule is CCOC(=O)C1CCCCN1c1ccccc1S(N)(=O)=O. The largest absolute Gasteiger partial charge is 0.464 e. The summed E-state index contributed by atoms with van der Waals surface area (Å²) in [6, 6.07) is 6.04. The summed E-state index contributed by atoms with van der Waals surface area (Å²) in [5.41, 5.74) is 0.470. The maximum atomic E-state index is 12.1. The first-order valence-corrected chi connectivity index (χ1v) is 8.55. The van der Waals surface area contributed by atoms with E-state index in [1.165, 1.54) is 6.07 Å². The Balaban J connectivity index is 2.41. The zero-order valence-corrected chi connectivity index (χ0v) is 12.8. The molecule has 1 atom stereocenters. The highest BCUT2D eigenvalue weighted by molar-refractivity contribution is 7.89. The molecule has 0 bridgehead atoms. The number of nitrogens with two attached hydrogens (primary N) is 1. The van der Waals surface area contributed by atoms with Gasteiger partial charge in [0.15, 0.2) is 0 Å². The summed E-state index contributed by atoms with van der Waals surface area (Å²) in [6.07, 6.45) is 2.46.